The zero-order valence-electron chi connectivity index (χ0n) is 15.2. The van der Waals surface area contributed by atoms with Gasteiger partial charge in [0.2, 0.25) is 15.9 Å². The van der Waals surface area contributed by atoms with Crippen molar-refractivity contribution in [3.05, 3.63) is 54.6 Å². The number of methoxy groups -OCH3 is 1. The lowest BCUT2D eigenvalue weighted by Crippen LogP contribution is -2.65. The molecule has 0 N–H and O–H groups in total. The van der Waals surface area contributed by atoms with Crippen LogP contribution in [0.15, 0.2) is 59.5 Å². The summed E-state index contributed by atoms with van der Waals surface area (Å²) in [7, 11) is -2.01. The first kappa shape index (κ1) is 18.0. The molecule has 6 nitrogen and oxygen atoms in total. The Balaban J connectivity index is 1.44. The predicted octanol–water partition coefficient (Wildman–Crippen LogP) is 2.51. The first-order valence-corrected chi connectivity index (χ1v) is 10.4. The summed E-state index contributed by atoms with van der Waals surface area (Å²) in [6.07, 6.45) is 1.12. The molecule has 0 radical (unpaired) electrons. The fourth-order valence-electron chi connectivity index (χ4n) is 3.88. The van der Waals surface area contributed by atoms with E-state index in [1.54, 1.807) is 36.3 Å². The standard InChI is InChI=1S/C20H22N2O4S/c1-26-17-7-9-18(10-8-17)27(24,25)21-13-11-20(12-14-21)15-22(19(20)23)16-5-3-2-4-6-16/h2-10H,11-15H2,1H3. The molecule has 2 fully saturated rings. The van der Waals surface area contributed by atoms with Gasteiger partial charge in [0.15, 0.2) is 0 Å². The normalized spacial score (nSPS) is 19.7. The Morgan fingerprint density at radius 3 is 2.15 bits per heavy atom. The highest BCUT2D eigenvalue weighted by Crippen LogP contribution is 2.44. The number of hydrogen-bond acceptors (Lipinski definition) is 4. The van der Waals surface area contributed by atoms with Crippen molar-refractivity contribution in [3.8, 4) is 5.75 Å². The number of nitrogens with zero attached hydrogens (tertiary/aromatic N) is 2. The third kappa shape index (κ3) is 3.00. The maximum absolute atomic E-state index is 12.9. The Hall–Kier alpha value is -2.38. The van der Waals surface area contributed by atoms with E-state index < -0.39 is 15.4 Å². The number of amides is 1. The van der Waals surface area contributed by atoms with Crippen LogP contribution in [0.5, 0.6) is 5.75 Å². The topological polar surface area (TPSA) is 66.9 Å². The van der Waals surface area contributed by atoms with Crippen LogP contribution in [0, 0.1) is 5.41 Å². The van der Waals surface area contributed by atoms with E-state index >= 15 is 0 Å². The van der Waals surface area contributed by atoms with Crippen molar-refractivity contribution in [1.29, 1.82) is 0 Å². The monoisotopic (exact) mass is 386 g/mol. The Kier molecular flexibility index (Phi) is 4.44. The fourth-order valence-corrected chi connectivity index (χ4v) is 5.32. The highest BCUT2D eigenvalue weighted by molar-refractivity contribution is 7.89. The van der Waals surface area contributed by atoms with E-state index in [4.69, 9.17) is 4.74 Å². The number of anilines is 1. The lowest BCUT2D eigenvalue weighted by atomic mass is 9.71. The van der Waals surface area contributed by atoms with Crippen molar-refractivity contribution in [2.45, 2.75) is 17.7 Å². The van der Waals surface area contributed by atoms with Gasteiger partial charge in [0.1, 0.15) is 5.75 Å². The molecule has 0 bridgehead atoms. The Labute approximate surface area is 159 Å². The van der Waals surface area contributed by atoms with Crippen LogP contribution in [-0.2, 0) is 14.8 Å². The third-order valence-corrected chi connectivity index (χ3v) is 7.52. The molecule has 2 aliphatic heterocycles. The molecule has 4 rings (SSSR count). The van der Waals surface area contributed by atoms with Crippen LogP contribution < -0.4 is 9.64 Å². The van der Waals surface area contributed by atoms with Gasteiger partial charge in [0.05, 0.1) is 17.4 Å². The van der Waals surface area contributed by atoms with Gasteiger partial charge in [-0.1, -0.05) is 18.2 Å². The van der Waals surface area contributed by atoms with Crippen molar-refractivity contribution in [2.75, 3.05) is 31.6 Å². The highest BCUT2D eigenvalue weighted by atomic mass is 32.2. The van der Waals surface area contributed by atoms with Crippen molar-refractivity contribution < 1.29 is 17.9 Å². The van der Waals surface area contributed by atoms with Crippen LogP contribution in [0.2, 0.25) is 0 Å². The smallest absolute Gasteiger partial charge is 0.243 e. The van der Waals surface area contributed by atoms with Crippen LogP contribution >= 0.6 is 0 Å². The summed E-state index contributed by atoms with van der Waals surface area (Å²) in [5.41, 5.74) is 0.489. The predicted molar refractivity (Wildman–Crippen MR) is 102 cm³/mol. The molecular formula is C20H22N2O4S. The van der Waals surface area contributed by atoms with Crippen LogP contribution in [0.25, 0.3) is 0 Å². The maximum atomic E-state index is 12.9. The van der Waals surface area contributed by atoms with Gasteiger partial charge in [-0.2, -0.15) is 4.31 Å². The van der Waals surface area contributed by atoms with E-state index in [2.05, 4.69) is 0 Å². The van der Waals surface area contributed by atoms with Gasteiger partial charge in [-0.15, -0.1) is 0 Å². The fraction of sp³-hybridized carbons (Fsp3) is 0.350. The maximum Gasteiger partial charge on any atom is 0.243 e. The molecule has 7 heteroatoms. The minimum Gasteiger partial charge on any atom is -0.497 e. The summed E-state index contributed by atoms with van der Waals surface area (Å²) in [4.78, 5) is 14.8. The lowest BCUT2D eigenvalue weighted by molar-refractivity contribution is -0.137. The van der Waals surface area contributed by atoms with Gasteiger partial charge in [-0.05, 0) is 49.2 Å². The van der Waals surface area contributed by atoms with E-state index in [9.17, 15) is 13.2 Å². The van der Waals surface area contributed by atoms with Gasteiger partial charge >= 0.3 is 0 Å². The SMILES string of the molecule is COc1ccc(S(=O)(=O)N2CCC3(CC2)CN(c2ccccc2)C3=O)cc1. The molecule has 2 saturated heterocycles. The number of carbonyl (C=O) groups is 1. The molecule has 0 saturated carbocycles. The van der Waals surface area contributed by atoms with Gasteiger partial charge in [-0.25, -0.2) is 8.42 Å². The average molecular weight is 386 g/mol. The Bertz CT molecular complexity index is 934. The molecule has 1 spiro atoms. The summed E-state index contributed by atoms with van der Waals surface area (Å²) < 4.78 is 32.3. The van der Waals surface area contributed by atoms with Crippen LogP contribution in [0.4, 0.5) is 5.69 Å². The first-order chi connectivity index (χ1) is 13.0. The van der Waals surface area contributed by atoms with E-state index in [-0.39, 0.29) is 10.8 Å². The van der Waals surface area contributed by atoms with E-state index in [0.717, 1.165) is 5.69 Å². The molecule has 2 aliphatic rings. The second kappa shape index (κ2) is 6.65. The van der Waals surface area contributed by atoms with Crippen LogP contribution in [0.3, 0.4) is 0 Å². The van der Waals surface area contributed by atoms with Gasteiger partial charge in [0.25, 0.3) is 0 Å². The molecule has 0 aromatic heterocycles. The van der Waals surface area contributed by atoms with Crippen molar-refractivity contribution in [3.63, 3.8) is 0 Å². The number of β-lactam (4-membered cyclic amide) rings is 1. The second-order valence-electron chi connectivity index (χ2n) is 7.09. The zero-order chi connectivity index (χ0) is 19.1. The molecule has 0 atom stereocenters. The number of ether oxygens (including phenoxy) is 1. The van der Waals surface area contributed by atoms with Crippen molar-refractivity contribution in [1.82, 2.24) is 4.31 Å². The second-order valence-corrected chi connectivity index (χ2v) is 9.02. The van der Waals surface area contributed by atoms with Crippen molar-refractivity contribution in [2.24, 2.45) is 5.41 Å². The molecule has 2 aromatic rings. The molecule has 0 aliphatic carbocycles. The minimum absolute atomic E-state index is 0.107. The molecular weight excluding hydrogens is 364 g/mol. The molecule has 2 heterocycles. The number of benzene rings is 2. The van der Waals surface area contributed by atoms with Gasteiger partial charge in [0, 0.05) is 25.3 Å². The number of sulfonamides is 1. The quantitative estimate of drug-likeness (QED) is 0.758. The summed E-state index contributed by atoms with van der Waals surface area (Å²) in [6.45, 7) is 1.39. The minimum atomic E-state index is -3.55. The van der Waals surface area contributed by atoms with E-state index in [0.29, 0.717) is 38.2 Å². The highest BCUT2D eigenvalue weighted by Gasteiger charge is 2.54. The number of piperidine rings is 1. The Morgan fingerprint density at radius 1 is 0.963 bits per heavy atom. The average Bonchev–Trinajstić information content (AvgIpc) is 2.72. The van der Waals surface area contributed by atoms with E-state index in [1.165, 1.54) is 4.31 Å². The molecule has 1 amide bonds. The number of rotatable bonds is 4. The van der Waals surface area contributed by atoms with Crippen LogP contribution in [0.1, 0.15) is 12.8 Å². The molecule has 0 unspecified atom stereocenters. The zero-order valence-corrected chi connectivity index (χ0v) is 16.0. The van der Waals surface area contributed by atoms with Crippen LogP contribution in [-0.4, -0.2) is 45.4 Å². The molecule has 142 valence electrons. The first-order valence-electron chi connectivity index (χ1n) is 8.98. The summed E-state index contributed by atoms with van der Waals surface area (Å²) in [6, 6.07) is 16.0. The third-order valence-electron chi connectivity index (χ3n) is 5.60. The largest absolute Gasteiger partial charge is 0.497 e. The van der Waals surface area contributed by atoms with E-state index in [1.807, 2.05) is 30.3 Å². The molecule has 27 heavy (non-hydrogen) atoms. The lowest BCUT2D eigenvalue weighted by Gasteiger charge is -2.52. The Morgan fingerprint density at radius 2 is 1.59 bits per heavy atom. The summed E-state index contributed by atoms with van der Waals surface area (Å²) >= 11 is 0. The number of hydrogen-bond donors (Lipinski definition) is 0. The van der Waals surface area contributed by atoms with Gasteiger partial charge < -0.3 is 9.64 Å². The molecule has 2 aromatic carbocycles. The number of carbonyl (C=O) groups excluding carboxylic acids is 1. The number of para-hydroxylation sites is 1. The van der Waals surface area contributed by atoms with Crippen molar-refractivity contribution >= 4 is 21.6 Å². The summed E-state index contributed by atoms with van der Waals surface area (Å²) in [5.74, 6) is 0.725. The summed E-state index contributed by atoms with van der Waals surface area (Å²) in [5, 5.41) is 0. The van der Waals surface area contributed by atoms with Gasteiger partial charge in [-0.3, -0.25) is 4.79 Å².